The van der Waals surface area contributed by atoms with E-state index in [-0.39, 0.29) is 18.1 Å². The van der Waals surface area contributed by atoms with E-state index in [1.165, 1.54) is 23.8 Å². The first kappa shape index (κ1) is 19.1. The fraction of sp³-hybridized carbons (Fsp3) is 0.227. The first-order valence-electron chi connectivity index (χ1n) is 9.23. The van der Waals surface area contributed by atoms with E-state index in [9.17, 15) is 9.59 Å². The number of thiazole rings is 1. The van der Waals surface area contributed by atoms with Crippen LogP contribution in [0.1, 0.15) is 28.4 Å². The van der Waals surface area contributed by atoms with Gasteiger partial charge in [-0.1, -0.05) is 0 Å². The molecule has 4 rings (SSSR count). The first-order valence-corrected chi connectivity index (χ1v) is 10.1. The molecule has 1 N–H and O–H groups in total. The van der Waals surface area contributed by atoms with Gasteiger partial charge in [0.15, 0.2) is 10.9 Å². The lowest BCUT2D eigenvalue weighted by Gasteiger charge is -2.09. The van der Waals surface area contributed by atoms with E-state index in [1.54, 1.807) is 25.3 Å². The summed E-state index contributed by atoms with van der Waals surface area (Å²) >= 11 is 1.37. The number of ketones is 1. The van der Waals surface area contributed by atoms with Crippen LogP contribution in [0.4, 0.5) is 5.13 Å². The lowest BCUT2D eigenvalue weighted by molar-refractivity contribution is -0.115. The van der Waals surface area contributed by atoms with E-state index in [0.29, 0.717) is 28.6 Å². The van der Waals surface area contributed by atoms with Crippen LogP contribution >= 0.6 is 11.3 Å². The maximum Gasteiger partial charge on any atom is 0.230 e. The molecule has 2 aromatic carbocycles. The van der Waals surface area contributed by atoms with Crippen LogP contribution in [0, 0.1) is 0 Å². The number of hydrogen-bond donors (Lipinski definition) is 1. The van der Waals surface area contributed by atoms with Crippen molar-refractivity contribution in [2.45, 2.75) is 19.8 Å². The maximum atomic E-state index is 12.5. The van der Waals surface area contributed by atoms with Crippen molar-refractivity contribution in [2.75, 3.05) is 19.0 Å². The fourth-order valence-corrected chi connectivity index (χ4v) is 4.02. The van der Waals surface area contributed by atoms with Crippen LogP contribution < -0.4 is 14.8 Å². The molecule has 0 spiro atoms. The number of nitrogens with one attached hydrogen (secondary N) is 1. The number of amides is 1. The van der Waals surface area contributed by atoms with Gasteiger partial charge in [0.25, 0.3) is 0 Å². The van der Waals surface area contributed by atoms with Crippen LogP contribution in [0.2, 0.25) is 0 Å². The number of anilines is 1. The Hall–Kier alpha value is -3.19. The number of aromatic nitrogens is 1. The second-order valence-electron chi connectivity index (χ2n) is 6.77. The van der Waals surface area contributed by atoms with Gasteiger partial charge >= 0.3 is 0 Å². The third-order valence-corrected chi connectivity index (χ3v) is 5.53. The Labute approximate surface area is 172 Å². The van der Waals surface area contributed by atoms with Crippen LogP contribution in [0.25, 0.3) is 11.3 Å². The van der Waals surface area contributed by atoms with Crippen LogP contribution in [0.15, 0.2) is 41.8 Å². The van der Waals surface area contributed by atoms with Gasteiger partial charge in [0.05, 0.1) is 25.8 Å². The average Bonchev–Trinajstić information content (AvgIpc) is 3.36. The number of benzene rings is 2. The maximum absolute atomic E-state index is 12.5. The van der Waals surface area contributed by atoms with Crippen LogP contribution in [0.3, 0.4) is 0 Å². The van der Waals surface area contributed by atoms with Crippen molar-refractivity contribution in [2.24, 2.45) is 0 Å². The number of hydrogen-bond acceptors (Lipinski definition) is 6. The average molecular weight is 408 g/mol. The van der Waals surface area contributed by atoms with Crippen molar-refractivity contribution < 1.29 is 19.1 Å². The lowest BCUT2D eigenvalue weighted by atomic mass is 10.0. The molecule has 1 amide bonds. The molecule has 0 aliphatic carbocycles. The number of methoxy groups -OCH3 is 1. The monoisotopic (exact) mass is 408 g/mol. The lowest BCUT2D eigenvalue weighted by Crippen LogP contribution is -2.15. The van der Waals surface area contributed by atoms with E-state index in [2.05, 4.69) is 16.4 Å². The van der Waals surface area contributed by atoms with Gasteiger partial charge in [-0.25, -0.2) is 4.98 Å². The first-order chi connectivity index (χ1) is 14.0. The molecule has 148 valence electrons. The Morgan fingerprint density at radius 2 is 2.10 bits per heavy atom. The predicted octanol–water partition coefficient (Wildman–Crippen LogP) is 4.14. The molecule has 3 aromatic rings. The number of carbonyl (C=O) groups is 2. The highest BCUT2D eigenvalue weighted by Crippen LogP contribution is 2.32. The molecule has 0 fully saturated rings. The van der Waals surface area contributed by atoms with E-state index >= 15 is 0 Å². The summed E-state index contributed by atoms with van der Waals surface area (Å²) in [5.41, 5.74) is 4.20. The molecule has 1 aliphatic heterocycles. The predicted molar refractivity (Wildman–Crippen MR) is 112 cm³/mol. The number of ether oxygens (including phenoxy) is 2. The highest BCUT2D eigenvalue weighted by atomic mass is 32.1. The van der Waals surface area contributed by atoms with Crippen molar-refractivity contribution >= 4 is 28.2 Å². The summed E-state index contributed by atoms with van der Waals surface area (Å²) in [7, 11) is 1.54. The molecule has 29 heavy (non-hydrogen) atoms. The summed E-state index contributed by atoms with van der Waals surface area (Å²) in [4.78, 5) is 28.7. The molecule has 0 saturated carbocycles. The SMILES string of the molecule is COc1ccc(C(C)=O)cc1CC(=O)Nc1nc(-c2ccc3c(c2)CCO3)cs1. The number of Topliss-reactive ketones (excluding diaryl/α,β-unsaturated/α-hetero) is 1. The molecule has 0 unspecified atom stereocenters. The molecule has 6 nitrogen and oxygen atoms in total. The molecule has 7 heteroatoms. The summed E-state index contributed by atoms with van der Waals surface area (Å²) in [6, 6.07) is 11.1. The molecule has 1 aromatic heterocycles. The summed E-state index contributed by atoms with van der Waals surface area (Å²) in [6.07, 6.45) is 0.994. The third-order valence-electron chi connectivity index (χ3n) is 4.77. The van der Waals surface area contributed by atoms with Crippen molar-refractivity contribution in [1.82, 2.24) is 4.98 Å². The van der Waals surface area contributed by atoms with Crippen LogP contribution in [-0.4, -0.2) is 30.4 Å². The highest BCUT2D eigenvalue weighted by molar-refractivity contribution is 7.14. The zero-order valence-electron chi connectivity index (χ0n) is 16.2. The zero-order valence-corrected chi connectivity index (χ0v) is 17.0. The largest absolute Gasteiger partial charge is 0.496 e. The molecular formula is C22H20N2O4S. The standard InChI is InChI=1S/C22H20N2O4S/c1-13(25)14-3-5-19(27-2)17(9-14)11-21(26)24-22-23-18(12-29-22)15-4-6-20-16(10-15)7-8-28-20/h3-6,9-10,12H,7-8,11H2,1-2H3,(H,23,24,26). The summed E-state index contributed by atoms with van der Waals surface area (Å²) < 4.78 is 10.9. The van der Waals surface area contributed by atoms with Crippen molar-refractivity contribution in [3.63, 3.8) is 0 Å². The van der Waals surface area contributed by atoms with Crippen LogP contribution in [0.5, 0.6) is 11.5 Å². The van der Waals surface area contributed by atoms with Gasteiger partial charge in [-0.3, -0.25) is 9.59 Å². The summed E-state index contributed by atoms with van der Waals surface area (Å²) in [6.45, 7) is 2.21. The van der Waals surface area contributed by atoms with E-state index < -0.39 is 0 Å². The third kappa shape index (κ3) is 4.14. The molecule has 0 bridgehead atoms. The second-order valence-corrected chi connectivity index (χ2v) is 7.62. The minimum atomic E-state index is -0.216. The van der Waals surface area contributed by atoms with Gasteiger partial charge in [0, 0.05) is 28.5 Å². The fourth-order valence-electron chi connectivity index (χ4n) is 3.28. The quantitative estimate of drug-likeness (QED) is 0.621. The Morgan fingerprint density at radius 3 is 2.90 bits per heavy atom. The Morgan fingerprint density at radius 1 is 1.24 bits per heavy atom. The zero-order chi connectivity index (χ0) is 20.4. The summed E-state index contributed by atoms with van der Waals surface area (Å²) in [5, 5.41) is 5.29. The Bertz CT molecular complexity index is 1090. The molecule has 0 atom stereocenters. The van der Waals surface area contributed by atoms with Gasteiger partial charge in [-0.15, -0.1) is 11.3 Å². The molecular weight excluding hydrogens is 388 g/mol. The van der Waals surface area contributed by atoms with Gasteiger partial charge in [0.1, 0.15) is 11.5 Å². The van der Waals surface area contributed by atoms with Gasteiger partial charge in [-0.05, 0) is 48.9 Å². The van der Waals surface area contributed by atoms with E-state index in [0.717, 1.165) is 23.4 Å². The Kier molecular flexibility index (Phi) is 5.31. The Balaban J connectivity index is 1.47. The van der Waals surface area contributed by atoms with Crippen molar-refractivity contribution in [3.05, 3.63) is 58.5 Å². The minimum Gasteiger partial charge on any atom is -0.496 e. The normalized spacial score (nSPS) is 12.2. The van der Waals surface area contributed by atoms with E-state index in [1.807, 2.05) is 17.5 Å². The smallest absolute Gasteiger partial charge is 0.230 e. The van der Waals surface area contributed by atoms with Crippen molar-refractivity contribution in [1.29, 1.82) is 0 Å². The van der Waals surface area contributed by atoms with Gasteiger partial charge < -0.3 is 14.8 Å². The van der Waals surface area contributed by atoms with Gasteiger partial charge in [-0.2, -0.15) is 0 Å². The highest BCUT2D eigenvalue weighted by Gasteiger charge is 2.16. The topological polar surface area (TPSA) is 77.5 Å². The number of nitrogens with zero attached hydrogens (tertiary/aromatic N) is 1. The van der Waals surface area contributed by atoms with Crippen LogP contribution in [-0.2, 0) is 17.6 Å². The molecule has 0 radical (unpaired) electrons. The number of fused-ring (bicyclic) bond motifs is 1. The minimum absolute atomic E-state index is 0.0568. The van der Waals surface area contributed by atoms with Gasteiger partial charge in [0.2, 0.25) is 5.91 Å². The molecule has 1 aliphatic rings. The molecule has 2 heterocycles. The molecule has 0 saturated heterocycles. The number of carbonyl (C=O) groups excluding carboxylic acids is 2. The second kappa shape index (κ2) is 8.05. The number of rotatable bonds is 6. The van der Waals surface area contributed by atoms with Crippen molar-refractivity contribution in [3.8, 4) is 22.8 Å². The summed E-state index contributed by atoms with van der Waals surface area (Å²) in [5.74, 6) is 1.23. The van der Waals surface area contributed by atoms with E-state index in [4.69, 9.17) is 9.47 Å².